The third-order valence-corrected chi connectivity index (χ3v) is 3.56. The van der Waals surface area contributed by atoms with E-state index in [1.165, 1.54) is 12.1 Å². The molecule has 104 valence electrons. The molecule has 0 N–H and O–H groups in total. The summed E-state index contributed by atoms with van der Waals surface area (Å²) in [7, 11) is 0. The van der Waals surface area contributed by atoms with Crippen molar-refractivity contribution in [2.45, 2.75) is 0 Å². The zero-order chi connectivity index (χ0) is 14.8. The van der Waals surface area contributed by atoms with E-state index in [9.17, 15) is 9.18 Å². The van der Waals surface area contributed by atoms with Crippen LogP contribution in [0.4, 0.5) is 4.39 Å². The summed E-state index contributed by atoms with van der Waals surface area (Å²) >= 11 is 2.17. The number of nitrogens with zero attached hydrogens (tertiary/aromatic N) is 1. The monoisotopic (exact) mass is 393 g/mol. The molecule has 1 aliphatic heterocycles. The first-order chi connectivity index (χ1) is 10.1. The zero-order valence-corrected chi connectivity index (χ0v) is 12.9. The van der Waals surface area contributed by atoms with Gasteiger partial charge in [-0.2, -0.15) is 0 Å². The van der Waals surface area contributed by atoms with Gasteiger partial charge in [-0.15, -0.1) is 0 Å². The number of cyclic esters (lactones) is 1. The summed E-state index contributed by atoms with van der Waals surface area (Å²) in [5, 5.41) is 0. The number of hydrogen-bond donors (Lipinski definition) is 0. The van der Waals surface area contributed by atoms with Gasteiger partial charge in [0.2, 0.25) is 5.90 Å². The van der Waals surface area contributed by atoms with E-state index in [0.717, 1.165) is 3.57 Å². The van der Waals surface area contributed by atoms with Crippen molar-refractivity contribution in [3.63, 3.8) is 0 Å². The maximum Gasteiger partial charge on any atom is 0.363 e. The fraction of sp³-hybridized carbons (Fsp3) is 0. The summed E-state index contributed by atoms with van der Waals surface area (Å²) in [4.78, 5) is 16.0. The van der Waals surface area contributed by atoms with Gasteiger partial charge < -0.3 is 4.74 Å². The molecule has 0 bridgehead atoms. The summed E-state index contributed by atoms with van der Waals surface area (Å²) in [5.41, 5.74) is 1.11. The topological polar surface area (TPSA) is 38.7 Å². The lowest BCUT2D eigenvalue weighted by molar-refractivity contribution is -0.129. The Balaban J connectivity index is 1.98. The van der Waals surface area contributed by atoms with Crippen molar-refractivity contribution in [1.82, 2.24) is 0 Å². The van der Waals surface area contributed by atoms with E-state index < -0.39 is 11.8 Å². The van der Waals surface area contributed by atoms with Gasteiger partial charge in [-0.25, -0.2) is 14.2 Å². The quantitative estimate of drug-likeness (QED) is 0.443. The van der Waals surface area contributed by atoms with Crippen molar-refractivity contribution >= 4 is 40.5 Å². The van der Waals surface area contributed by atoms with E-state index >= 15 is 0 Å². The molecule has 0 amide bonds. The van der Waals surface area contributed by atoms with Crippen molar-refractivity contribution in [2.75, 3.05) is 0 Å². The number of ether oxygens (including phenoxy) is 1. The molecule has 0 unspecified atom stereocenters. The number of hydrogen-bond acceptors (Lipinski definition) is 3. The average molecular weight is 393 g/mol. The van der Waals surface area contributed by atoms with Crippen molar-refractivity contribution < 1.29 is 13.9 Å². The van der Waals surface area contributed by atoms with E-state index in [1.807, 2.05) is 18.2 Å². The Morgan fingerprint density at radius 2 is 1.95 bits per heavy atom. The van der Waals surface area contributed by atoms with Crippen LogP contribution in [0.3, 0.4) is 0 Å². The number of carbonyl (C=O) groups is 1. The minimum absolute atomic E-state index is 0.0916. The summed E-state index contributed by atoms with van der Waals surface area (Å²) in [5.74, 6) is -0.746. The number of rotatable bonds is 2. The molecule has 3 nitrogen and oxygen atoms in total. The summed E-state index contributed by atoms with van der Waals surface area (Å²) in [6.07, 6.45) is 1.39. The van der Waals surface area contributed by atoms with Gasteiger partial charge in [0.1, 0.15) is 5.82 Å². The number of halogens is 2. The fourth-order valence-electron chi connectivity index (χ4n) is 1.89. The maximum atomic E-state index is 13.6. The Hall–Kier alpha value is -2.02. The average Bonchev–Trinajstić information content (AvgIpc) is 2.83. The first-order valence-corrected chi connectivity index (χ1v) is 7.24. The van der Waals surface area contributed by atoms with Crippen LogP contribution in [-0.4, -0.2) is 11.9 Å². The molecular weight excluding hydrogens is 384 g/mol. The molecule has 0 aromatic heterocycles. The van der Waals surface area contributed by atoms with Gasteiger partial charge in [0.25, 0.3) is 0 Å². The van der Waals surface area contributed by atoms with Crippen LogP contribution in [0.2, 0.25) is 0 Å². The Labute approximate surface area is 134 Å². The highest BCUT2D eigenvalue weighted by Gasteiger charge is 2.24. The van der Waals surface area contributed by atoms with Crippen molar-refractivity contribution in [3.05, 3.63) is 74.7 Å². The van der Waals surface area contributed by atoms with Crippen LogP contribution in [0.5, 0.6) is 0 Å². The number of carbonyl (C=O) groups excluding carboxylic acids is 1. The SMILES string of the molecule is O=C1OC(c2cccc(I)c2)=N/C1=C/c1ccccc1F. The Bertz CT molecular complexity index is 783. The number of aliphatic imine (C=N–C) groups is 1. The first kappa shape index (κ1) is 13.9. The van der Waals surface area contributed by atoms with Crippen molar-refractivity contribution in [1.29, 1.82) is 0 Å². The predicted octanol–water partition coefficient (Wildman–Crippen LogP) is 3.77. The van der Waals surface area contributed by atoms with Crippen LogP contribution in [0, 0.1) is 9.39 Å². The van der Waals surface area contributed by atoms with Crippen molar-refractivity contribution in [3.8, 4) is 0 Å². The van der Waals surface area contributed by atoms with E-state index in [2.05, 4.69) is 27.6 Å². The van der Waals surface area contributed by atoms with E-state index in [1.54, 1.807) is 24.3 Å². The van der Waals surface area contributed by atoms with Gasteiger partial charge in [-0.3, -0.25) is 0 Å². The smallest absolute Gasteiger partial charge is 0.363 e. The molecule has 0 saturated heterocycles. The Kier molecular flexibility index (Phi) is 3.83. The highest BCUT2D eigenvalue weighted by molar-refractivity contribution is 14.1. The van der Waals surface area contributed by atoms with Crippen LogP contribution in [0.1, 0.15) is 11.1 Å². The minimum Gasteiger partial charge on any atom is -0.402 e. The van der Waals surface area contributed by atoms with E-state index in [-0.39, 0.29) is 11.6 Å². The van der Waals surface area contributed by atoms with E-state index in [0.29, 0.717) is 11.1 Å². The lowest BCUT2D eigenvalue weighted by Crippen LogP contribution is -2.05. The second-order valence-corrected chi connectivity index (χ2v) is 5.61. The van der Waals surface area contributed by atoms with Gasteiger partial charge in [0.05, 0.1) is 0 Å². The molecule has 3 rings (SSSR count). The molecule has 21 heavy (non-hydrogen) atoms. The summed E-state index contributed by atoms with van der Waals surface area (Å²) in [6, 6.07) is 13.6. The van der Waals surface area contributed by atoms with Crippen LogP contribution < -0.4 is 0 Å². The molecule has 2 aromatic carbocycles. The molecule has 2 aromatic rings. The Morgan fingerprint density at radius 3 is 2.71 bits per heavy atom. The molecule has 0 saturated carbocycles. The van der Waals surface area contributed by atoms with Gasteiger partial charge in [0, 0.05) is 14.7 Å². The minimum atomic E-state index is -0.577. The lowest BCUT2D eigenvalue weighted by atomic mass is 10.2. The fourth-order valence-corrected chi connectivity index (χ4v) is 2.44. The second-order valence-electron chi connectivity index (χ2n) is 4.37. The molecule has 0 spiro atoms. The highest BCUT2D eigenvalue weighted by atomic mass is 127. The van der Waals surface area contributed by atoms with Crippen LogP contribution >= 0.6 is 22.6 Å². The third-order valence-electron chi connectivity index (χ3n) is 2.89. The van der Waals surface area contributed by atoms with Crippen LogP contribution in [0.25, 0.3) is 6.08 Å². The standard InChI is InChI=1S/C16H9FINO2/c17-13-7-2-1-4-10(13)9-14-16(20)21-15(19-14)11-5-3-6-12(18)8-11/h1-9H/b14-9+. The molecule has 0 fully saturated rings. The summed E-state index contributed by atoms with van der Waals surface area (Å²) in [6.45, 7) is 0. The summed E-state index contributed by atoms with van der Waals surface area (Å²) < 4.78 is 19.8. The molecule has 1 aliphatic rings. The molecular formula is C16H9FINO2. The predicted molar refractivity (Wildman–Crippen MR) is 86.2 cm³/mol. The van der Waals surface area contributed by atoms with Gasteiger partial charge in [-0.05, 0) is 52.9 Å². The second kappa shape index (κ2) is 5.77. The van der Waals surface area contributed by atoms with Gasteiger partial charge in [-0.1, -0.05) is 24.3 Å². The van der Waals surface area contributed by atoms with E-state index in [4.69, 9.17) is 4.74 Å². The van der Waals surface area contributed by atoms with Crippen LogP contribution in [0.15, 0.2) is 59.2 Å². The maximum absolute atomic E-state index is 13.6. The molecule has 0 radical (unpaired) electrons. The molecule has 0 aliphatic carbocycles. The first-order valence-electron chi connectivity index (χ1n) is 6.16. The zero-order valence-electron chi connectivity index (χ0n) is 10.7. The normalized spacial score (nSPS) is 16.0. The molecule has 1 heterocycles. The number of esters is 1. The lowest BCUT2D eigenvalue weighted by Gasteiger charge is -1.99. The largest absolute Gasteiger partial charge is 0.402 e. The third kappa shape index (κ3) is 3.02. The van der Waals surface area contributed by atoms with Crippen molar-refractivity contribution in [2.24, 2.45) is 4.99 Å². The Morgan fingerprint density at radius 1 is 1.14 bits per heavy atom. The van der Waals surface area contributed by atoms with Crippen LogP contribution in [-0.2, 0) is 9.53 Å². The molecule has 0 atom stereocenters. The van der Waals surface area contributed by atoms with Gasteiger partial charge in [0.15, 0.2) is 5.70 Å². The van der Waals surface area contributed by atoms with Gasteiger partial charge >= 0.3 is 5.97 Å². The highest BCUT2D eigenvalue weighted by Crippen LogP contribution is 2.21. The number of benzene rings is 2. The molecule has 5 heteroatoms.